The molecule has 5 heteroatoms. The van der Waals surface area contributed by atoms with Crippen LogP contribution in [-0.4, -0.2) is 18.7 Å². The van der Waals surface area contributed by atoms with Crippen LogP contribution in [0, 0.1) is 5.92 Å². The van der Waals surface area contributed by atoms with Crippen LogP contribution < -0.4 is 10.5 Å². The first-order valence-corrected chi connectivity index (χ1v) is 6.15. The zero-order chi connectivity index (χ0) is 12.4. The average molecular weight is 296 g/mol. The largest absolute Gasteiger partial charge is 0.496 e. The molecule has 4 nitrogen and oxygen atoms in total. The topological polar surface area (TPSA) is 60.0 Å². The minimum Gasteiger partial charge on any atom is -0.496 e. The Morgan fingerprint density at radius 3 is 2.82 bits per heavy atom. The van der Waals surface area contributed by atoms with Gasteiger partial charge in [-0.3, -0.25) is 0 Å². The molecule has 0 radical (unpaired) electrons. The monoisotopic (exact) mass is 295 g/mol. The third kappa shape index (κ3) is 2.49. The lowest BCUT2D eigenvalue weighted by atomic mass is 9.94. The van der Waals surface area contributed by atoms with Gasteiger partial charge in [-0.25, -0.2) is 0 Å². The van der Waals surface area contributed by atoms with E-state index in [1.165, 1.54) is 0 Å². The van der Waals surface area contributed by atoms with Crippen molar-refractivity contribution >= 4 is 27.5 Å². The molecule has 1 aromatic rings. The van der Waals surface area contributed by atoms with Crippen LogP contribution in [0.5, 0.6) is 5.75 Å². The van der Waals surface area contributed by atoms with Crippen LogP contribution in [0.15, 0.2) is 32.9 Å². The molecule has 0 saturated heterocycles. The summed E-state index contributed by atoms with van der Waals surface area (Å²) in [5.74, 6) is 1.63. The van der Waals surface area contributed by atoms with E-state index in [1.807, 2.05) is 18.2 Å². The van der Waals surface area contributed by atoms with Crippen molar-refractivity contribution in [2.75, 3.05) is 7.11 Å². The molecule has 1 aromatic carbocycles. The standard InChI is InChI=1S/C12H14BrN3O/c1-7-5-11(14)15-16-12(7)9-6-8(13)3-4-10(9)17-2/h3-4,6-7H,5H2,1-2H3,(H2,14,15). The van der Waals surface area contributed by atoms with Gasteiger partial charge in [0, 0.05) is 22.4 Å². The summed E-state index contributed by atoms with van der Waals surface area (Å²) in [5, 5.41) is 8.14. The Morgan fingerprint density at radius 2 is 2.18 bits per heavy atom. The van der Waals surface area contributed by atoms with Gasteiger partial charge in [0.25, 0.3) is 0 Å². The Morgan fingerprint density at radius 1 is 1.41 bits per heavy atom. The van der Waals surface area contributed by atoms with Crippen LogP contribution >= 0.6 is 15.9 Å². The first-order chi connectivity index (χ1) is 8.11. The molecule has 0 fully saturated rings. The van der Waals surface area contributed by atoms with E-state index in [2.05, 4.69) is 33.1 Å². The van der Waals surface area contributed by atoms with Crippen molar-refractivity contribution in [2.45, 2.75) is 13.3 Å². The van der Waals surface area contributed by atoms with E-state index >= 15 is 0 Å². The number of nitrogens with two attached hydrogens (primary N) is 1. The van der Waals surface area contributed by atoms with Crippen molar-refractivity contribution < 1.29 is 4.74 Å². The summed E-state index contributed by atoms with van der Waals surface area (Å²) < 4.78 is 6.34. The molecule has 2 rings (SSSR count). The smallest absolute Gasteiger partial charge is 0.128 e. The SMILES string of the molecule is COc1ccc(Br)cc1C1=NN=C(N)CC1C. The molecule has 2 N–H and O–H groups in total. The number of methoxy groups -OCH3 is 1. The van der Waals surface area contributed by atoms with Crippen LogP contribution in [0.2, 0.25) is 0 Å². The second-order valence-electron chi connectivity index (χ2n) is 4.03. The van der Waals surface area contributed by atoms with Gasteiger partial charge in [-0.1, -0.05) is 22.9 Å². The van der Waals surface area contributed by atoms with E-state index in [9.17, 15) is 0 Å². The van der Waals surface area contributed by atoms with E-state index in [1.54, 1.807) is 7.11 Å². The Balaban J connectivity index is 2.49. The van der Waals surface area contributed by atoms with Gasteiger partial charge in [-0.2, -0.15) is 5.10 Å². The highest BCUT2D eigenvalue weighted by Crippen LogP contribution is 2.28. The van der Waals surface area contributed by atoms with E-state index in [-0.39, 0.29) is 5.92 Å². The van der Waals surface area contributed by atoms with Crippen LogP contribution in [0.25, 0.3) is 0 Å². The van der Waals surface area contributed by atoms with Crippen LogP contribution in [0.1, 0.15) is 18.9 Å². The molecule has 0 bridgehead atoms. The highest BCUT2D eigenvalue weighted by Gasteiger charge is 2.21. The van der Waals surface area contributed by atoms with Crippen LogP contribution in [0.4, 0.5) is 0 Å². The van der Waals surface area contributed by atoms with Crippen molar-refractivity contribution in [2.24, 2.45) is 21.9 Å². The maximum Gasteiger partial charge on any atom is 0.128 e. The maximum absolute atomic E-state index is 5.67. The molecule has 1 atom stereocenters. The molecule has 1 unspecified atom stereocenters. The quantitative estimate of drug-likeness (QED) is 0.911. The molecule has 1 aliphatic rings. The fourth-order valence-electron chi connectivity index (χ4n) is 1.87. The molecule has 0 spiro atoms. The van der Waals surface area contributed by atoms with E-state index < -0.39 is 0 Å². The Kier molecular flexibility index (Phi) is 3.47. The fourth-order valence-corrected chi connectivity index (χ4v) is 2.23. The molecular weight excluding hydrogens is 282 g/mol. The minimum absolute atomic E-state index is 0.246. The number of halogens is 1. The first kappa shape index (κ1) is 12.1. The molecule has 0 aromatic heterocycles. The highest BCUT2D eigenvalue weighted by molar-refractivity contribution is 9.10. The van der Waals surface area contributed by atoms with Crippen molar-refractivity contribution in [3.8, 4) is 5.75 Å². The zero-order valence-electron chi connectivity index (χ0n) is 9.77. The summed E-state index contributed by atoms with van der Waals surface area (Å²) in [7, 11) is 1.65. The maximum atomic E-state index is 5.67. The van der Waals surface area contributed by atoms with Crippen molar-refractivity contribution in [3.05, 3.63) is 28.2 Å². The summed E-state index contributed by atoms with van der Waals surface area (Å²) in [6.45, 7) is 2.08. The fraction of sp³-hybridized carbons (Fsp3) is 0.333. The van der Waals surface area contributed by atoms with Gasteiger partial charge < -0.3 is 10.5 Å². The molecule has 1 heterocycles. The van der Waals surface area contributed by atoms with Gasteiger partial charge in [0.05, 0.1) is 12.8 Å². The first-order valence-electron chi connectivity index (χ1n) is 5.35. The number of rotatable bonds is 2. The molecule has 17 heavy (non-hydrogen) atoms. The van der Waals surface area contributed by atoms with Crippen molar-refractivity contribution in [3.63, 3.8) is 0 Å². The second-order valence-corrected chi connectivity index (χ2v) is 4.94. The van der Waals surface area contributed by atoms with Crippen molar-refractivity contribution in [1.29, 1.82) is 0 Å². The summed E-state index contributed by atoms with van der Waals surface area (Å²) in [5.41, 5.74) is 7.55. The number of amidine groups is 1. The summed E-state index contributed by atoms with van der Waals surface area (Å²) in [6, 6.07) is 5.84. The lowest BCUT2D eigenvalue weighted by Crippen LogP contribution is -2.25. The third-order valence-corrected chi connectivity index (χ3v) is 3.20. The number of ether oxygens (including phenoxy) is 1. The van der Waals surface area contributed by atoms with Crippen LogP contribution in [0.3, 0.4) is 0 Å². The van der Waals surface area contributed by atoms with Crippen LogP contribution in [-0.2, 0) is 0 Å². The normalized spacial score (nSPS) is 19.6. The molecule has 0 amide bonds. The lowest BCUT2D eigenvalue weighted by Gasteiger charge is -2.19. The summed E-state index contributed by atoms with van der Waals surface area (Å²) >= 11 is 3.45. The third-order valence-electron chi connectivity index (χ3n) is 2.71. The number of nitrogens with zero attached hydrogens (tertiary/aromatic N) is 2. The predicted molar refractivity (Wildman–Crippen MR) is 72.6 cm³/mol. The Bertz CT molecular complexity index is 497. The molecule has 1 aliphatic heterocycles. The van der Waals surface area contributed by atoms with E-state index in [0.717, 1.165) is 27.9 Å². The lowest BCUT2D eigenvalue weighted by molar-refractivity contribution is 0.413. The van der Waals surface area contributed by atoms with Gasteiger partial charge in [0.1, 0.15) is 11.6 Å². The van der Waals surface area contributed by atoms with E-state index in [4.69, 9.17) is 10.5 Å². The molecule has 90 valence electrons. The second kappa shape index (κ2) is 4.87. The van der Waals surface area contributed by atoms with Gasteiger partial charge in [0.15, 0.2) is 0 Å². The number of benzene rings is 1. The van der Waals surface area contributed by atoms with Gasteiger partial charge in [-0.15, -0.1) is 5.10 Å². The van der Waals surface area contributed by atoms with Gasteiger partial charge in [-0.05, 0) is 18.2 Å². The number of hydrogen-bond donors (Lipinski definition) is 1. The number of hydrogen-bond acceptors (Lipinski definition) is 4. The average Bonchev–Trinajstić information content (AvgIpc) is 2.29. The molecular formula is C12H14BrN3O. The zero-order valence-corrected chi connectivity index (χ0v) is 11.4. The Hall–Kier alpha value is -1.36. The highest BCUT2D eigenvalue weighted by atomic mass is 79.9. The minimum atomic E-state index is 0.246. The molecule has 0 saturated carbocycles. The van der Waals surface area contributed by atoms with Gasteiger partial charge in [0.2, 0.25) is 0 Å². The summed E-state index contributed by atoms with van der Waals surface area (Å²) in [4.78, 5) is 0. The van der Waals surface area contributed by atoms with Gasteiger partial charge >= 0.3 is 0 Å². The Labute approximate surface area is 109 Å². The van der Waals surface area contributed by atoms with E-state index in [0.29, 0.717) is 5.84 Å². The summed E-state index contributed by atoms with van der Waals surface area (Å²) in [6.07, 6.45) is 0.731. The predicted octanol–water partition coefficient (Wildman–Crippen LogP) is 2.56. The van der Waals surface area contributed by atoms with Crippen molar-refractivity contribution in [1.82, 2.24) is 0 Å². The molecule has 0 aliphatic carbocycles.